The summed E-state index contributed by atoms with van der Waals surface area (Å²) in [5, 5.41) is 2.54. The van der Waals surface area contributed by atoms with E-state index in [9.17, 15) is 22.4 Å². The Bertz CT molecular complexity index is 645. The number of ether oxygens (including phenoxy) is 1. The summed E-state index contributed by atoms with van der Waals surface area (Å²) in [5.41, 5.74) is -1.42. The number of carbonyl (C=O) groups excluding carboxylic acids is 1. The number of hydrogen-bond donors (Lipinski definition) is 1. The molecule has 1 unspecified atom stereocenters. The van der Waals surface area contributed by atoms with E-state index in [1.54, 1.807) is 0 Å². The predicted molar refractivity (Wildman–Crippen MR) is 88.2 cm³/mol. The Balaban J connectivity index is 1.73. The van der Waals surface area contributed by atoms with Crippen LogP contribution in [0, 0.1) is 5.82 Å². The first-order valence-electron chi connectivity index (χ1n) is 8.87. The van der Waals surface area contributed by atoms with E-state index >= 15 is 0 Å². The highest BCUT2D eigenvalue weighted by Gasteiger charge is 2.36. The molecule has 1 atom stereocenters. The summed E-state index contributed by atoms with van der Waals surface area (Å²) in [6, 6.07) is 2.40. The summed E-state index contributed by atoms with van der Waals surface area (Å²) in [6.07, 6.45) is -0.553. The van der Waals surface area contributed by atoms with Crippen LogP contribution >= 0.6 is 0 Å². The molecular formula is C18H22F4N2O2. The van der Waals surface area contributed by atoms with Crippen molar-refractivity contribution < 1.29 is 27.1 Å². The largest absolute Gasteiger partial charge is 0.419 e. The number of halogens is 4. The molecule has 2 aliphatic rings. The number of carbonyl (C=O) groups is 1. The Kier molecular flexibility index (Phi) is 5.82. The lowest BCUT2D eigenvalue weighted by atomic mass is 9.96. The second-order valence-electron chi connectivity index (χ2n) is 6.77. The van der Waals surface area contributed by atoms with Gasteiger partial charge in [-0.1, -0.05) is 6.42 Å². The second kappa shape index (κ2) is 7.92. The lowest BCUT2D eigenvalue weighted by Gasteiger charge is -2.41. The van der Waals surface area contributed by atoms with Crippen molar-refractivity contribution in [2.24, 2.45) is 0 Å². The first kappa shape index (κ1) is 19.1. The van der Waals surface area contributed by atoms with E-state index in [4.69, 9.17) is 4.74 Å². The van der Waals surface area contributed by atoms with Crippen molar-refractivity contribution >= 4 is 11.6 Å². The zero-order valence-electron chi connectivity index (χ0n) is 14.3. The van der Waals surface area contributed by atoms with Crippen LogP contribution in [0.1, 0.15) is 37.7 Å². The van der Waals surface area contributed by atoms with E-state index in [0.717, 1.165) is 44.4 Å². The zero-order chi connectivity index (χ0) is 18.7. The summed E-state index contributed by atoms with van der Waals surface area (Å²) in [5.74, 6) is -1.69. The van der Waals surface area contributed by atoms with Crippen molar-refractivity contribution in [3.05, 3.63) is 29.6 Å². The third-order valence-electron chi connectivity index (χ3n) is 5.05. The molecule has 1 aromatic carbocycles. The standard InChI is InChI=1S/C18H22F4N2O2/c19-15-5-4-12(11-14(15)18(20,21)22)23-17(25)16-3-1-2-8-24(16)13-6-9-26-10-7-13/h4-5,11,13,16H,1-3,6-10H2,(H,23,25). The fourth-order valence-electron chi connectivity index (χ4n) is 3.74. The molecule has 8 heteroatoms. The van der Waals surface area contributed by atoms with Gasteiger partial charge in [0, 0.05) is 24.9 Å². The average Bonchev–Trinajstić information content (AvgIpc) is 2.63. The van der Waals surface area contributed by atoms with Crippen LogP contribution in [0.4, 0.5) is 23.2 Å². The molecule has 0 radical (unpaired) electrons. The lowest BCUT2D eigenvalue weighted by Crippen LogP contribution is -2.53. The van der Waals surface area contributed by atoms with Gasteiger partial charge in [-0.25, -0.2) is 4.39 Å². The third kappa shape index (κ3) is 4.35. The van der Waals surface area contributed by atoms with E-state index in [1.807, 2.05) is 0 Å². The van der Waals surface area contributed by atoms with Crippen LogP contribution in [0.3, 0.4) is 0 Å². The summed E-state index contributed by atoms with van der Waals surface area (Å²) in [6.45, 7) is 2.10. The second-order valence-corrected chi connectivity index (χ2v) is 6.77. The summed E-state index contributed by atoms with van der Waals surface area (Å²) >= 11 is 0. The molecule has 0 saturated carbocycles. The van der Waals surface area contributed by atoms with E-state index < -0.39 is 17.6 Å². The maximum atomic E-state index is 13.4. The van der Waals surface area contributed by atoms with Gasteiger partial charge in [0.05, 0.1) is 11.6 Å². The van der Waals surface area contributed by atoms with Gasteiger partial charge in [0.25, 0.3) is 0 Å². The van der Waals surface area contributed by atoms with E-state index in [0.29, 0.717) is 25.7 Å². The van der Waals surface area contributed by atoms with Gasteiger partial charge in [-0.2, -0.15) is 13.2 Å². The van der Waals surface area contributed by atoms with Gasteiger partial charge in [-0.15, -0.1) is 0 Å². The smallest absolute Gasteiger partial charge is 0.381 e. The number of anilines is 1. The Hall–Kier alpha value is -1.67. The molecule has 0 spiro atoms. The Morgan fingerprint density at radius 3 is 2.58 bits per heavy atom. The molecule has 2 heterocycles. The summed E-state index contributed by atoms with van der Waals surface area (Å²) in [4.78, 5) is 14.9. The molecule has 0 aromatic heterocycles. The molecule has 4 nitrogen and oxygen atoms in total. The number of likely N-dealkylation sites (tertiary alicyclic amines) is 1. The van der Waals surface area contributed by atoms with Crippen LogP contribution in [-0.2, 0) is 15.7 Å². The molecule has 1 aromatic rings. The normalized spacial score (nSPS) is 23.0. The van der Waals surface area contributed by atoms with Gasteiger partial charge in [0.1, 0.15) is 5.82 Å². The maximum absolute atomic E-state index is 13.4. The van der Waals surface area contributed by atoms with Crippen molar-refractivity contribution in [2.75, 3.05) is 25.1 Å². The fourth-order valence-corrected chi connectivity index (χ4v) is 3.74. The van der Waals surface area contributed by atoms with Crippen molar-refractivity contribution in [1.29, 1.82) is 0 Å². The molecule has 144 valence electrons. The fraction of sp³-hybridized carbons (Fsp3) is 0.611. The third-order valence-corrected chi connectivity index (χ3v) is 5.05. The van der Waals surface area contributed by atoms with Gasteiger partial charge in [0.2, 0.25) is 5.91 Å². The van der Waals surface area contributed by atoms with Crippen molar-refractivity contribution in [2.45, 2.75) is 50.4 Å². The average molecular weight is 374 g/mol. The SMILES string of the molecule is O=C(Nc1ccc(F)c(C(F)(F)F)c1)C1CCCCN1C1CCOCC1. The molecule has 3 rings (SSSR count). The number of piperidine rings is 1. The van der Waals surface area contributed by atoms with Crippen LogP contribution in [0.15, 0.2) is 18.2 Å². The van der Waals surface area contributed by atoms with Crippen molar-refractivity contribution in [3.63, 3.8) is 0 Å². The molecule has 2 aliphatic heterocycles. The monoisotopic (exact) mass is 374 g/mol. The Labute approximate surface area is 149 Å². The number of alkyl halides is 3. The highest BCUT2D eigenvalue weighted by atomic mass is 19.4. The molecule has 1 amide bonds. The van der Waals surface area contributed by atoms with Gasteiger partial charge < -0.3 is 10.1 Å². The number of nitrogens with zero attached hydrogens (tertiary/aromatic N) is 1. The molecule has 0 bridgehead atoms. The minimum Gasteiger partial charge on any atom is -0.381 e. The van der Waals surface area contributed by atoms with Gasteiger partial charge >= 0.3 is 6.18 Å². The topological polar surface area (TPSA) is 41.6 Å². The summed E-state index contributed by atoms with van der Waals surface area (Å²) in [7, 11) is 0. The quantitative estimate of drug-likeness (QED) is 0.818. The van der Waals surface area contributed by atoms with Gasteiger partial charge in [-0.05, 0) is 50.4 Å². The molecule has 1 N–H and O–H groups in total. The molecular weight excluding hydrogens is 352 g/mol. The highest BCUT2D eigenvalue weighted by Crippen LogP contribution is 2.33. The molecule has 26 heavy (non-hydrogen) atoms. The lowest BCUT2D eigenvalue weighted by molar-refractivity contribution is -0.140. The van der Waals surface area contributed by atoms with Crippen molar-refractivity contribution in [3.8, 4) is 0 Å². The number of rotatable bonds is 3. The Morgan fingerprint density at radius 1 is 1.15 bits per heavy atom. The minimum absolute atomic E-state index is 0.0405. The Morgan fingerprint density at radius 2 is 1.88 bits per heavy atom. The number of nitrogens with one attached hydrogen (secondary N) is 1. The predicted octanol–water partition coefficient (Wildman–Crippen LogP) is 3.82. The molecule has 0 aliphatic carbocycles. The highest BCUT2D eigenvalue weighted by molar-refractivity contribution is 5.95. The molecule has 2 saturated heterocycles. The number of amides is 1. The first-order valence-corrected chi connectivity index (χ1v) is 8.87. The number of hydrogen-bond acceptors (Lipinski definition) is 3. The minimum atomic E-state index is -4.80. The molecule has 2 fully saturated rings. The van der Waals surface area contributed by atoms with Crippen LogP contribution in [-0.4, -0.2) is 42.6 Å². The van der Waals surface area contributed by atoms with E-state index in [1.165, 1.54) is 0 Å². The van der Waals surface area contributed by atoms with Crippen LogP contribution in [0.2, 0.25) is 0 Å². The number of benzene rings is 1. The van der Waals surface area contributed by atoms with Gasteiger partial charge in [-0.3, -0.25) is 9.69 Å². The van der Waals surface area contributed by atoms with Crippen LogP contribution in [0.5, 0.6) is 0 Å². The van der Waals surface area contributed by atoms with Crippen molar-refractivity contribution in [1.82, 2.24) is 4.90 Å². The van der Waals surface area contributed by atoms with E-state index in [2.05, 4.69) is 10.2 Å². The maximum Gasteiger partial charge on any atom is 0.419 e. The van der Waals surface area contributed by atoms with Crippen LogP contribution in [0.25, 0.3) is 0 Å². The van der Waals surface area contributed by atoms with Gasteiger partial charge in [0.15, 0.2) is 0 Å². The first-order chi connectivity index (χ1) is 12.4. The van der Waals surface area contributed by atoms with Crippen LogP contribution < -0.4 is 5.32 Å². The summed E-state index contributed by atoms with van der Waals surface area (Å²) < 4.78 is 57.3. The zero-order valence-corrected chi connectivity index (χ0v) is 14.3. The van der Waals surface area contributed by atoms with E-state index in [-0.39, 0.29) is 23.7 Å².